The Morgan fingerprint density at radius 3 is 2.57 bits per heavy atom. The third kappa shape index (κ3) is 2.96. The Morgan fingerprint density at radius 1 is 1.57 bits per heavy atom. The second-order valence-corrected chi connectivity index (χ2v) is 4.63. The summed E-state index contributed by atoms with van der Waals surface area (Å²) >= 11 is 4.53. The zero-order valence-corrected chi connectivity index (χ0v) is 9.76. The van der Waals surface area contributed by atoms with E-state index in [1.807, 2.05) is 0 Å². The van der Waals surface area contributed by atoms with Gasteiger partial charge in [0, 0.05) is 15.8 Å². The molecular formula is C8H9BrF3NS. The van der Waals surface area contributed by atoms with Crippen molar-refractivity contribution in [3.05, 3.63) is 20.8 Å². The lowest BCUT2D eigenvalue weighted by Gasteiger charge is -2.18. The van der Waals surface area contributed by atoms with E-state index in [0.717, 1.165) is 4.47 Å². The summed E-state index contributed by atoms with van der Waals surface area (Å²) in [6, 6.07) is 0.278. The summed E-state index contributed by atoms with van der Waals surface area (Å²) < 4.78 is 37.9. The highest BCUT2D eigenvalue weighted by Gasteiger charge is 2.38. The molecule has 0 fully saturated rings. The minimum Gasteiger partial charge on any atom is -0.309 e. The van der Waals surface area contributed by atoms with Gasteiger partial charge in [-0.25, -0.2) is 0 Å². The predicted molar refractivity (Wildman–Crippen MR) is 54.6 cm³/mol. The van der Waals surface area contributed by atoms with Crippen LogP contribution in [0.3, 0.4) is 0 Å². The maximum absolute atomic E-state index is 12.4. The van der Waals surface area contributed by atoms with Crippen LogP contribution in [0.15, 0.2) is 15.9 Å². The number of nitrogens with one attached hydrogen (secondary N) is 1. The van der Waals surface area contributed by atoms with Crippen molar-refractivity contribution in [2.75, 3.05) is 7.05 Å². The van der Waals surface area contributed by atoms with Crippen LogP contribution in [0.25, 0.3) is 0 Å². The van der Waals surface area contributed by atoms with Gasteiger partial charge in [-0.2, -0.15) is 13.2 Å². The molecule has 0 aromatic carbocycles. The molecule has 1 rings (SSSR count). The van der Waals surface area contributed by atoms with Crippen molar-refractivity contribution in [3.8, 4) is 0 Å². The monoisotopic (exact) mass is 287 g/mol. The summed E-state index contributed by atoms with van der Waals surface area (Å²) in [5.41, 5.74) is 0. The quantitative estimate of drug-likeness (QED) is 0.900. The van der Waals surface area contributed by atoms with Crippen molar-refractivity contribution in [3.63, 3.8) is 0 Å². The van der Waals surface area contributed by atoms with E-state index in [2.05, 4.69) is 21.2 Å². The van der Waals surface area contributed by atoms with Gasteiger partial charge in [-0.1, -0.05) is 0 Å². The standard InChI is InChI=1S/C8H9BrF3NS/c1-13-7(8(10,11)12)4-6-5(9)2-3-14-6/h2-3,7,13H,4H2,1H3. The van der Waals surface area contributed by atoms with E-state index in [0.29, 0.717) is 4.88 Å². The van der Waals surface area contributed by atoms with Crippen LogP contribution in [0.2, 0.25) is 0 Å². The number of halogens is 4. The Bertz CT molecular complexity index is 297. The molecule has 14 heavy (non-hydrogen) atoms. The summed E-state index contributed by atoms with van der Waals surface area (Å²) in [5, 5.41) is 4.03. The Kier molecular flexibility index (Phi) is 3.97. The van der Waals surface area contributed by atoms with E-state index in [-0.39, 0.29) is 6.42 Å². The molecule has 0 bridgehead atoms. The van der Waals surface area contributed by atoms with Crippen LogP contribution >= 0.6 is 27.3 Å². The summed E-state index contributed by atoms with van der Waals surface area (Å²) in [5.74, 6) is 0. The van der Waals surface area contributed by atoms with E-state index in [1.165, 1.54) is 18.4 Å². The lowest BCUT2D eigenvalue weighted by molar-refractivity contribution is -0.154. The molecular weight excluding hydrogens is 279 g/mol. The summed E-state index contributed by atoms with van der Waals surface area (Å²) in [4.78, 5) is 0.710. The predicted octanol–water partition coefficient (Wildman–Crippen LogP) is 3.20. The molecule has 0 radical (unpaired) electrons. The first-order valence-corrected chi connectivity index (χ1v) is 5.58. The molecule has 0 aliphatic carbocycles. The van der Waals surface area contributed by atoms with Crippen molar-refractivity contribution < 1.29 is 13.2 Å². The van der Waals surface area contributed by atoms with E-state index >= 15 is 0 Å². The summed E-state index contributed by atoms with van der Waals surface area (Å²) in [6.45, 7) is 0. The first-order chi connectivity index (χ1) is 6.45. The first kappa shape index (κ1) is 12.0. The third-order valence-corrected chi connectivity index (χ3v) is 3.77. The Balaban J connectivity index is 2.71. The second-order valence-electron chi connectivity index (χ2n) is 2.78. The normalized spacial score (nSPS) is 14.4. The lowest BCUT2D eigenvalue weighted by Crippen LogP contribution is -2.41. The van der Waals surface area contributed by atoms with Gasteiger partial charge < -0.3 is 5.32 Å². The molecule has 1 N–H and O–H groups in total. The molecule has 1 atom stereocenters. The smallest absolute Gasteiger partial charge is 0.309 e. The SMILES string of the molecule is CNC(Cc1sccc1Br)C(F)(F)F. The molecule has 80 valence electrons. The highest BCUT2D eigenvalue weighted by atomic mass is 79.9. The molecule has 0 aliphatic heterocycles. The fourth-order valence-corrected chi connectivity index (χ4v) is 2.60. The molecule has 0 saturated heterocycles. The van der Waals surface area contributed by atoms with E-state index < -0.39 is 12.2 Å². The Hall–Kier alpha value is -0.0700. The minimum absolute atomic E-state index is 0.0295. The highest BCUT2D eigenvalue weighted by molar-refractivity contribution is 9.10. The van der Waals surface area contributed by atoms with Crippen molar-refractivity contribution in [2.45, 2.75) is 18.6 Å². The van der Waals surface area contributed by atoms with Crippen LogP contribution in [0.5, 0.6) is 0 Å². The zero-order valence-electron chi connectivity index (χ0n) is 7.36. The van der Waals surface area contributed by atoms with Crippen LogP contribution in [0.1, 0.15) is 4.88 Å². The molecule has 1 heterocycles. The van der Waals surface area contributed by atoms with Gasteiger partial charge in [-0.05, 0) is 34.4 Å². The van der Waals surface area contributed by atoms with Gasteiger partial charge in [-0.3, -0.25) is 0 Å². The van der Waals surface area contributed by atoms with Crippen LogP contribution < -0.4 is 5.32 Å². The summed E-state index contributed by atoms with van der Waals surface area (Å²) in [6.07, 6.45) is -4.23. The number of rotatable bonds is 3. The number of likely N-dealkylation sites (N-methyl/N-ethyl adjacent to an activating group) is 1. The molecule has 1 aromatic heterocycles. The van der Waals surface area contributed by atoms with Gasteiger partial charge in [0.15, 0.2) is 0 Å². The van der Waals surface area contributed by atoms with Crippen LogP contribution in [0, 0.1) is 0 Å². The molecule has 6 heteroatoms. The summed E-state index contributed by atoms with van der Waals surface area (Å²) in [7, 11) is 1.32. The van der Waals surface area contributed by atoms with Crippen LogP contribution in [-0.2, 0) is 6.42 Å². The fraction of sp³-hybridized carbons (Fsp3) is 0.500. The van der Waals surface area contributed by atoms with Crippen LogP contribution in [0.4, 0.5) is 13.2 Å². The van der Waals surface area contributed by atoms with Gasteiger partial charge in [0.25, 0.3) is 0 Å². The Morgan fingerprint density at radius 2 is 2.21 bits per heavy atom. The second kappa shape index (κ2) is 4.63. The van der Waals surface area contributed by atoms with E-state index in [1.54, 1.807) is 11.4 Å². The first-order valence-electron chi connectivity index (χ1n) is 3.91. The number of hydrogen-bond acceptors (Lipinski definition) is 2. The lowest BCUT2D eigenvalue weighted by atomic mass is 10.2. The maximum Gasteiger partial charge on any atom is 0.404 e. The van der Waals surface area contributed by atoms with Gasteiger partial charge >= 0.3 is 6.18 Å². The van der Waals surface area contributed by atoms with E-state index in [4.69, 9.17) is 0 Å². The average molecular weight is 288 g/mol. The zero-order chi connectivity index (χ0) is 10.8. The fourth-order valence-electron chi connectivity index (χ4n) is 1.04. The number of hydrogen-bond donors (Lipinski definition) is 1. The minimum atomic E-state index is -4.20. The molecule has 1 unspecified atom stereocenters. The molecule has 1 aromatic rings. The van der Waals surface area contributed by atoms with Gasteiger partial charge in [0.1, 0.15) is 6.04 Å². The molecule has 0 saturated carbocycles. The topological polar surface area (TPSA) is 12.0 Å². The van der Waals surface area contributed by atoms with Gasteiger partial charge in [0.05, 0.1) is 0 Å². The average Bonchev–Trinajstić information content (AvgIpc) is 2.45. The molecule has 0 amide bonds. The highest BCUT2D eigenvalue weighted by Crippen LogP contribution is 2.29. The Labute approximate surface area is 92.4 Å². The maximum atomic E-state index is 12.4. The molecule has 0 spiro atoms. The third-order valence-electron chi connectivity index (χ3n) is 1.82. The van der Waals surface area contributed by atoms with Gasteiger partial charge in [-0.15, -0.1) is 11.3 Å². The molecule has 0 aliphatic rings. The number of alkyl halides is 3. The van der Waals surface area contributed by atoms with Crippen molar-refractivity contribution in [2.24, 2.45) is 0 Å². The van der Waals surface area contributed by atoms with Crippen molar-refractivity contribution >= 4 is 27.3 Å². The van der Waals surface area contributed by atoms with Gasteiger partial charge in [0.2, 0.25) is 0 Å². The number of thiophene rings is 1. The van der Waals surface area contributed by atoms with Crippen molar-refractivity contribution in [1.82, 2.24) is 5.32 Å². The van der Waals surface area contributed by atoms with Crippen LogP contribution in [-0.4, -0.2) is 19.3 Å². The van der Waals surface area contributed by atoms with Crippen molar-refractivity contribution in [1.29, 1.82) is 0 Å². The largest absolute Gasteiger partial charge is 0.404 e. The van der Waals surface area contributed by atoms with E-state index in [9.17, 15) is 13.2 Å². The molecule has 1 nitrogen and oxygen atoms in total.